The Morgan fingerprint density at radius 2 is 1.95 bits per heavy atom. The van der Waals surface area contributed by atoms with Gasteiger partial charge in [0.15, 0.2) is 0 Å². The summed E-state index contributed by atoms with van der Waals surface area (Å²) in [6, 6.07) is 13.6. The van der Waals surface area contributed by atoms with Gasteiger partial charge >= 0.3 is 0 Å². The van der Waals surface area contributed by atoms with E-state index in [0.717, 1.165) is 19.4 Å². The van der Waals surface area contributed by atoms with E-state index < -0.39 is 0 Å². The number of ether oxygens (including phenoxy) is 1. The summed E-state index contributed by atoms with van der Waals surface area (Å²) in [6.45, 7) is 5.31. The molecule has 0 aliphatic carbocycles. The minimum Gasteiger partial charge on any atom is -0.378 e. The first-order chi connectivity index (χ1) is 10.3. The molecule has 0 bridgehead atoms. The first-order valence-electron chi connectivity index (χ1n) is 8.03. The Labute approximate surface area is 127 Å². The number of fused-ring (bicyclic) bond motifs is 1. The highest BCUT2D eigenvalue weighted by atomic mass is 16.5. The molecule has 0 saturated carbocycles. The Morgan fingerprint density at radius 1 is 1.19 bits per heavy atom. The fourth-order valence-electron chi connectivity index (χ4n) is 3.81. The third-order valence-corrected chi connectivity index (χ3v) is 4.91. The average Bonchev–Trinajstić information content (AvgIpc) is 2.99. The largest absolute Gasteiger partial charge is 0.378 e. The predicted molar refractivity (Wildman–Crippen MR) is 88.6 cm³/mol. The molecule has 3 atom stereocenters. The Balaban J connectivity index is 2.07. The lowest BCUT2D eigenvalue weighted by molar-refractivity contribution is 0.0784. The highest BCUT2D eigenvalue weighted by Crippen LogP contribution is 2.37. The van der Waals surface area contributed by atoms with Crippen molar-refractivity contribution in [2.24, 2.45) is 5.92 Å². The second kappa shape index (κ2) is 6.17. The number of rotatable bonds is 4. The Morgan fingerprint density at radius 3 is 2.67 bits per heavy atom. The summed E-state index contributed by atoms with van der Waals surface area (Å²) < 4.78 is 5.91. The van der Waals surface area contributed by atoms with Gasteiger partial charge in [-0.1, -0.05) is 43.3 Å². The van der Waals surface area contributed by atoms with Gasteiger partial charge in [-0.2, -0.15) is 0 Å². The summed E-state index contributed by atoms with van der Waals surface area (Å²) in [7, 11) is 2.07. The van der Waals surface area contributed by atoms with Gasteiger partial charge in [0, 0.05) is 18.6 Å². The van der Waals surface area contributed by atoms with E-state index >= 15 is 0 Å². The van der Waals surface area contributed by atoms with Gasteiger partial charge in [0.25, 0.3) is 0 Å². The molecule has 0 amide bonds. The lowest BCUT2D eigenvalue weighted by atomic mass is 9.84. The number of aryl methyl sites for hydroxylation is 1. The maximum atomic E-state index is 5.91. The maximum Gasteiger partial charge on any atom is 0.0619 e. The maximum absolute atomic E-state index is 5.91. The summed E-state index contributed by atoms with van der Waals surface area (Å²) in [5.41, 5.74) is 2.76. The molecule has 3 unspecified atom stereocenters. The predicted octanol–water partition coefficient (Wildman–Crippen LogP) is 4.22. The van der Waals surface area contributed by atoms with Crippen LogP contribution in [0.4, 0.5) is 0 Å². The third kappa shape index (κ3) is 2.58. The van der Waals surface area contributed by atoms with Crippen molar-refractivity contribution < 1.29 is 4.74 Å². The molecule has 1 heterocycles. The van der Waals surface area contributed by atoms with Crippen molar-refractivity contribution in [2.75, 3.05) is 13.7 Å². The van der Waals surface area contributed by atoms with Crippen LogP contribution in [0.15, 0.2) is 36.4 Å². The zero-order valence-electron chi connectivity index (χ0n) is 13.2. The van der Waals surface area contributed by atoms with Crippen LogP contribution in [0.1, 0.15) is 36.9 Å². The molecule has 2 aromatic rings. The van der Waals surface area contributed by atoms with Gasteiger partial charge in [-0.25, -0.2) is 0 Å². The van der Waals surface area contributed by atoms with Gasteiger partial charge in [-0.15, -0.1) is 0 Å². The van der Waals surface area contributed by atoms with Crippen LogP contribution in [0.3, 0.4) is 0 Å². The topological polar surface area (TPSA) is 21.3 Å². The summed E-state index contributed by atoms with van der Waals surface area (Å²) in [4.78, 5) is 0. The monoisotopic (exact) mass is 283 g/mol. The molecule has 0 radical (unpaired) electrons. The Hall–Kier alpha value is -1.38. The Bertz CT molecular complexity index is 622. The van der Waals surface area contributed by atoms with Crippen LogP contribution in [-0.4, -0.2) is 19.8 Å². The van der Waals surface area contributed by atoms with Gasteiger partial charge in [0.05, 0.1) is 6.10 Å². The number of hydrogen-bond donors (Lipinski definition) is 1. The number of nitrogens with one attached hydrogen (secondary N) is 1. The van der Waals surface area contributed by atoms with Crippen molar-refractivity contribution in [2.45, 2.75) is 38.8 Å². The molecule has 3 rings (SSSR count). The normalized spacial score (nSPS) is 23.6. The van der Waals surface area contributed by atoms with Crippen molar-refractivity contribution in [3.63, 3.8) is 0 Å². The molecule has 112 valence electrons. The molecule has 2 heteroatoms. The van der Waals surface area contributed by atoms with Crippen molar-refractivity contribution in [3.8, 4) is 0 Å². The molecule has 2 aromatic carbocycles. The molecule has 2 nitrogen and oxygen atoms in total. The van der Waals surface area contributed by atoms with Crippen LogP contribution in [0.5, 0.6) is 0 Å². The molecular weight excluding hydrogens is 258 g/mol. The SMILES string of the molecule is CCC1OCCC1C(NC)c1ccc(C)c2ccccc12. The fourth-order valence-corrected chi connectivity index (χ4v) is 3.81. The summed E-state index contributed by atoms with van der Waals surface area (Å²) in [5, 5.41) is 6.29. The van der Waals surface area contributed by atoms with Crippen molar-refractivity contribution in [3.05, 3.63) is 47.5 Å². The highest BCUT2D eigenvalue weighted by molar-refractivity contribution is 5.89. The lowest BCUT2D eigenvalue weighted by Crippen LogP contribution is -2.30. The van der Waals surface area contributed by atoms with Crippen LogP contribution in [-0.2, 0) is 4.74 Å². The molecule has 1 fully saturated rings. The van der Waals surface area contributed by atoms with E-state index in [2.05, 4.69) is 62.6 Å². The molecule has 0 spiro atoms. The molecule has 1 aliphatic rings. The minimum atomic E-state index is 0.364. The smallest absolute Gasteiger partial charge is 0.0619 e. The number of hydrogen-bond acceptors (Lipinski definition) is 2. The van der Waals surface area contributed by atoms with E-state index in [0.29, 0.717) is 18.1 Å². The van der Waals surface area contributed by atoms with Gasteiger partial charge in [-0.05, 0) is 48.7 Å². The summed E-state index contributed by atoms with van der Waals surface area (Å²) in [6.07, 6.45) is 2.61. The summed E-state index contributed by atoms with van der Waals surface area (Å²) in [5.74, 6) is 0.561. The minimum absolute atomic E-state index is 0.364. The van der Waals surface area contributed by atoms with Crippen LogP contribution in [0, 0.1) is 12.8 Å². The van der Waals surface area contributed by atoms with Gasteiger partial charge in [-0.3, -0.25) is 0 Å². The van der Waals surface area contributed by atoms with E-state index in [1.807, 2.05) is 0 Å². The first kappa shape index (κ1) is 14.6. The Kier molecular flexibility index (Phi) is 4.27. The van der Waals surface area contributed by atoms with E-state index in [1.54, 1.807) is 0 Å². The fraction of sp³-hybridized carbons (Fsp3) is 0.474. The van der Waals surface area contributed by atoms with Crippen LogP contribution in [0.25, 0.3) is 10.8 Å². The zero-order valence-corrected chi connectivity index (χ0v) is 13.2. The molecule has 0 aromatic heterocycles. The average molecular weight is 283 g/mol. The van der Waals surface area contributed by atoms with Gasteiger partial charge < -0.3 is 10.1 Å². The second-order valence-corrected chi connectivity index (χ2v) is 6.05. The van der Waals surface area contributed by atoms with Gasteiger partial charge in [0.1, 0.15) is 0 Å². The van der Waals surface area contributed by atoms with E-state index in [9.17, 15) is 0 Å². The number of benzene rings is 2. The summed E-state index contributed by atoms with van der Waals surface area (Å²) >= 11 is 0. The zero-order chi connectivity index (χ0) is 14.8. The standard InChI is InChI=1S/C19H25NO/c1-4-18-17(11-12-21-18)19(20-3)16-10-9-13(2)14-7-5-6-8-15(14)16/h5-10,17-20H,4,11-12H2,1-3H3. The van der Waals surface area contributed by atoms with Crippen LogP contribution < -0.4 is 5.32 Å². The second-order valence-electron chi connectivity index (χ2n) is 6.05. The molecule has 1 aliphatic heterocycles. The highest BCUT2D eigenvalue weighted by Gasteiger charge is 2.34. The lowest BCUT2D eigenvalue weighted by Gasteiger charge is -2.28. The van der Waals surface area contributed by atoms with E-state index in [4.69, 9.17) is 4.74 Å². The van der Waals surface area contributed by atoms with E-state index in [1.165, 1.54) is 21.9 Å². The van der Waals surface area contributed by atoms with Crippen molar-refractivity contribution >= 4 is 10.8 Å². The quantitative estimate of drug-likeness (QED) is 0.907. The van der Waals surface area contributed by atoms with Crippen LogP contribution >= 0.6 is 0 Å². The van der Waals surface area contributed by atoms with Gasteiger partial charge in [0.2, 0.25) is 0 Å². The third-order valence-electron chi connectivity index (χ3n) is 4.91. The van der Waals surface area contributed by atoms with Crippen LogP contribution in [0.2, 0.25) is 0 Å². The van der Waals surface area contributed by atoms with Crippen molar-refractivity contribution in [1.29, 1.82) is 0 Å². The molecule has 21 heavy (non-hydrogen) atoms. The van der Waals surface area contributed by atoms with E-state index in [-0.39, 0.29) is 0 Å². The molecule has 1 N–H and O–H groups in total. The molecular formula is C19H25NO. The van der Waals surface area contributed by atoms with Crippen molar-refractivity contribution in [1.82, 2.24) is 5.32 Å². The first-order valence-corrected chi connectivity index (χ1v) is 8.03. The molecule has 1 saturated heterocycles.